The molecule has 18 fully saturated rings. The second-order valence-corrected chi connectivity index (χ2v) is 49.8. The van der Waals surface area contributed by atoms with Gasteiger partial charge in [-0.15, -0.1) is 0 Å². The smallest absolute Gasteiger partial charge is 0.0297 e. The first-order valence-electron chi connectivity index (χ1n) is 53.8. The van der Waals surface area contributed by atoms with Crippen LogP contribution in [0, 0.1) is 102 Å². The second-order valence-electron chi connectivity index (χ2n) is 49.8. The van der Waals surface area contributed by atoms with Crippen LogP contribution < -0.4 is 0 Å². The maximum Gasteiger partial charge on any atom is -0.0297 e. The van der Waals surface area contributed by atoms with E-state index >= 15 is 0 Å². The number of hydrogen-bond donors (Lipinski definition) is 0. The molecule has 0 aliphatic heterocycles. The Labute approximate surface area is 727 Å². The summed E-state index contributed by atoms with van der Waals surface area (Å²) in [4.78, 5) is 0. The van der Waals surface area contributed by atoms with Crippen molar-refractivity contribution in [1.82, 2.24) is 0 Å². The van der Waals surface area contributed by atoms with Gasteiger partial charge in [-0.2, -0.15) is 0 Å². The summed E-state index contributed by atoms with van der Waals surface area (Å²) in [7, 11) is 0. The van der Waals surface area contributed by atoms with Crippen LogP contribution in [0.1, 0.15) is 630 Å². The van der Waals surface area contributed by atoms with Crippen molar-refractivity contribution in [1.29, 1.82) is 0 Å². The Hall–Kier alpha value is 0. The molecule has 0 aromatic heterocycles. The zero-order valence-electron chi connectivity index (χ0n) is 85.5. The van der Waals surface area contributed by atoms with Crippen molar-refractivity contribution in [3.8, 4) is 0 Å². The Balaban J connectivity index is 0.000000611. The van der Waals surface area contributed by atoms with E-state index in [9.17, 15) is 0 Å². The minimum Gasteiger partial charge on any atom is -0.0630 e. The van der Waals surface area contributed by atoms with Gasteiger partial charge in [-0.3, -0.25) is 0 Å². The van der Waals surface area contributed by atoms with Crippen molar-refractivity contribution in [2.45, 2.75) is 630 Å². The van der Waals surface area contributed by atoms with Crippen LogP contribution in [-0.2, 0) is 0 Å². The topological polar surface area (TPSA) is 0 Å². The van der Waals surface area contributed by atoms with Gasteiger partial charge in [0.15, 0.2) is 0 Å². The second kappa shape index (κ2) is 63.0. The minimum atomic E-state index is 0.833. The first-order valence-corrected chi connectivity index (χ1v) is 53.8. The molecule has 9 spiro atoms. The standard InChI is InChI=1S/6C9H16.3C8H14.9C4H10/c6*1-2-5-9(6-3-1)7-4-8-9;3*1-2-4-8(5-3-1)6-7-8;9*1-4(2)3/h6*1-8H2;3*1-7H2;9*4H,1-3H3. The van der Waals surface area contributed by atoms with Gasteiger partial charge in [-0.1, -0.05) is 399 Å². The van der Waals surface area contributed by atoms with E-state index in [1.807, 2.05) is 0 Å². The summed E-state index contributed by atoms with van der Waals surface area (Å²) in [6.07, 6.45) is 107. The van der Waals surface area contributed by atoms with Gasteiger partial charge in [-0.25, -0.2) is 0 Å². The zero-order valence-corrected chi connectivity index (χ0v) is 85.5. The highest BCUT2D eigenvalue weighted by molar-refractivity contribution is 4.98. The lowest BCUT2D eigenvalue weighted by molar-refractivity contribution is 0.0774. The first kappa shape index (κ1) is 112. The third-order valence-corrected chi connectivity index (χ3v) is 28.6. The summed E-state index contributed by atoms with van der Waals surface area (Å²) in [5.74, 6) is 7.50. The summed E-state index contributed by atoms with van der Waals surface area (Å²) >= 11 is 0. The van der Waals surface area contributed by atoms with Crippen LogP contribution in [0.3, 0.4) is 0 Å². The Bertz CT molecular complexity index is 1640. The lowest BCUT2D eigenvalue weighted by Crippen LogP contribution is -2.31. The average molecular weight is 1600 g/mol. The van der Waals surface area contributed by atoms with E-state index in [0.717, 1.165) is 102 Å². The molecular weight excluding hydrogens is 1370 g/mol. The van der Waals surface area contributed by atoms with Crippen LogP contribution in [0.2, 0.25) is 0 Å². The molecule has 18 aliphatic rings. The molecule has 0 atom stereocenters. The summed E-state index contributed by atoms with van der Waals surface area (Å²) in [5, 5.41) is 0. The fourth-order valence-electron chi connectivity index (χ4n) is 20.8. The van der Waals surface area contributed by atoms with E-state index in [4.69, 9.17) is 0 Å². The molecule has 18 aliphatic carbocycles. The third-order valence-electron chi connectivity index (χ3n) is 28.6. The van der Waals surface area contributed by atoms with E-state index in [1.54, 1.807) is 231 Å². The summed E-state index contributed by atoms with van der Waals surface area (Å²) in [5.41, 5.74) is 8.19. The fourth-order valence-corrected chi connectivity index (χ4v) is 20.8. The monoisotopic (exact) mass is 1600 g/mol. The van der Waals surface area contributed by atoms with Crippen molar-refractivity contribution in [3.05, 3.63) is 0 Å². The molecule has 114 heavy (non-hydrogen) atoms. The molecule has 0 nitrogen and oxygen atoms in total. The molecule has 0 saturated heterocycles. The van der Waals surface area contributed by atoms with Gasteiger partial charge in [0.2, 0.25) is 0 Å². The first-order chi connectivity index (χ1) is 53.8. The van der Waals surface area contributed by atoms with Gasteiger partial charge >= 0.3 is 0 Å². The zero-order chi connectivity index (χ0) is 85.5. The van der Waals surface area contributed by atoms with E-state index in [2.05, 4.69) is 187 Å². The minimum absolute atomic E-state index is 0.833. The fraction of sp³-hybridized carbons (Fsp3) is 1.00. The van der Waals surface area contributed by atoms with Gasteiger partial charge in [0.25, 0.3) is 0 Å². The van der Waals surface area contributed by atoms with E-state index in [0.29, 0.717) is 0 Å². The highest BCUT2D eigenvalue weighted by atomic mass is 14.5. The molecule has 0 aromatic rings. The summed E-state index contributed by atoms with van der Waals surface area (Å²) < 4.78 is 0. The predicted molar refractivity (Wildman–Crippen MR) is 525 cm³/mol. The van der Waals surface area contributed by atoms with Crippen LogP contribution in [0.25, 0.3) is 0 Å². The van der Waals surface area contributed by atoms with Crippen molar-refractivity contribution in [2.75, 3.05) is 0 Å². The Morgan fingerprint density at radius 1 is 0.0789 bits per heavy atom. The van der Waals surface area contributed by atoms with E-state index in [1.165, 1.54) is 212 Å². The molecule has 0 aromatic carbocycles. The van der Waals surface area contributed by atoms with E-state index < -0.39 is 0 Å². The van der Waals surface area contributed by atoms with Gasteiger partial charge in [0.05, 0.1) is 0 Å². The number of rotatable bonds is 0. The molecule has 0 amide bonds. The lowest BCUT2D eigenvalue weighted by atomic mass is 9.61. The molecule has 0 bridgehead atoms. The molecule has 0 heterocycles. The summed E-state index contributed by atoms with van der Waals surface area (Å²) in [6.45, 7) is 58.5. The molecule has 0 unspecified atom stereocenters. The molecule has 18 rings (SSSR count). The van der Waals surface area contributed by atoms with Crippen LogP contribution in [0.4, 0.5) is 0 Å². The largest absolute Gasteiger partial charge is 0.0630 e. The molecule has 0 N–H and O–H groups in total. The molecule has 684 valence electrons. The molecule has 18 saturated carbocycles. The maximum absolute atomic E-state index is 2.17. The Morgan fingerprint density at radius 2 is 0.132 bits per heavy atom. The van der Waals surface area contributed by atoms with E-state index in [-0.39, 0.29) is 0 Å². The highest BCUT2D eigenvalue weighted by Crippen LogP contribution is 2.59. The highest BCUT2D eigenvalue weighted by Gasteiger charge is 2.46. The molecule has 0 radical (unpaired) electrons. The quantitative estimate of drug-likeness (QED) is 0.227. The Morgan fingerprint density at radius 3 is 0.167 bits per heavy atom. The third kappa shape index (κ3) is 58.9. The van der Waals surface area contributed by atoms with Crippen molar-refractivity contribution >= 4 is 0 Å². The lowest BCUT2D eigenvalue weighted by Gasteiger charge is -2.45. The van der Waals surface area contributed by atoms with Gasteiger partial charge in [0, 0.05) is 0 Å². The van der Waals surface area contributed by atoms with Crippen LogP contribution in [0.5, 0.6) is 0 Å². The SMILES string of the molecule is C1CCC2(CC1)CC2.C1CCC2(CC1)CC2.C1CCC2(CC1)CC2.C1CCC2(CC1)CCC2.C1CCC2(CC1)CCC2.C1CCC2(CC1)CCC2.C1CCC2(CC1)CCC2.C1CCC2(CC1)CCC2.C1CCC2(CC1)CCC2.CC(C)C.CC(C)C.CC(C)C.CC(C)C.CC(C)C.CC(C)C.CC(C)C.CC(C)C.CC(C)C. The van der Waals surface area contributed by atoms with Crippen molar-refractivity contribution in [3.63, 3.8) is 0 Å². The van der Waals surface area contributed by atoms with Crippen LogP contribution in [0.15, 0.2) is 0 Å². The van der Waals surface area contributed by atoms with Crippen LogP contribution in [-0.4, -0.2) is 0 Å². The summed E-state index contributed by atoms with van der Waals surface area (Å²) in [6, 6.07) is 0. The number of hydrogen-bond acceptors (Lipinski definition) is 0. The molecule has 0 heteroatoms. The normalized spacial score (nSPS) is 24.9. The van der Waals surface area contributed by atoms with Crippen LogP contribution >= 0.6 is 0 Å². The van der Waals surface area contributed by atoms with Crippen molar-refractivity contribution in [2.24, 2.45) is 102 Å². The van der Waals surface area contributed by atoms with Gasteiger partial charge < -0.3 is 0 Å². The Kier molecular flexibility index (Phi) is 61.9. The molecular formula is C114H228. The van der Waals surface area contributed by atoms with Gasteiger partial charge in [0.1, 0.15) is 0 Å². The predicted octanol–water partition coefficient (Wildman–Crippen LogP) is 41.9. The van der Waals surface area contributed by atoms with Crippen molar-refractivity contribution < 1.29 is 0 Å². The van der Waals surface area contributed by atoms with Gasteiger partial charge in [-0.05, 0) is 333 Å². The maximum atomic E-state index is 2.17. The average Bonchev–Trinajstić information content (AvgIpc) is 1.65.